The van der Waals surface area contributed by atoms with Gasteiger partial charge in [-0.1, -0.05) is 11.6 Å². The Morgan fingerprint density at radius 1 is 1.38 bits per heavy atom. The van der Waals surface area contributed by atoms with Gasteiger partial charge in [0.1, 0.15) is 10.6 Å². The number of carboxylic acids is 1. The molecule has 0 heterocycles. The number of aromatic hydroxyl groups is 1. The summed E-state index contributed by atoms with van der Waals surface area (Å²) in [5.41, 5.74) is -0.871. The second-order valence-electron chi connectivity index (χ2n) is 2.19. The number of hydrogen-bond acceptors (Lipinski definition) is 2. The number of rotatable bonds is 1. The Morgan fingerprint density at radius 2 is 1.92 bits per heavy atom. The van der Waals surface area contributed by atoms with E-state index in [9.17, 15) is 13.6 Å². The number of aromatic carboxylic acids is 1. The fraction of sp³-hybridized carbons (Fsp3) is 0. The van der Waals surface area contributed by atoms with Crippen molar-refractivity contribution >= 4 is 17.6 Å². The predicted molar refractivity (Wildman–Crippen MR) is 40.0 cm³/mol. The van der Waals surface area contributed by atoms with E-state index < -0.39 is 33.9 Å². The van der Waals surface area contributed by atoms with E-state index in [0.29, 0.717) is 6.07 Å². The highest BCUT2D eigenvalue weighted by atomic mass is 35.5. The molecule has 0 unspecified atom stereocenters. The van der Waals surface area contributed by atoms with E-state index in [1.165, 1.54) is 0 Å². The summed E-state index contributed by atoms with van der Waals surface area (Å²) in [5, 5.41) is 16.1. The highest BCUT2D eigenvalue weighted by Gasteiger charge is 2.20. The minimum Gasteiger partial charge on any atom is -0.505 e. The van der Waals surface area contributed by atoms with Crippen molar-refractivity contribution in [1.82, 2.24) is 0 Å². The molecular formula is C7H3ClF2O3. The van der Waals surface area contributed by atoms with Crippen LogP contribution in [0.25, 0.3) is 0 Å². The lowest BCUT2D eigenvalue weighted by atomic mass is 10.2. The largest absolute Gasteiger partial charge is 0.505 e. The molecule has 0 fully saturated rings. The molecule has 0 saturated heterocycles. The Morgan fingerprint density at radius 3 is 2.38 bits per heavy atom. The van der Waals surface area contributed by atoms with E-state index in [0.717, 1.165) is 0 Å². The number of hydrogen-bond donors (Lipinski definition) is 2. The van der Waals surface area contributed by atoms with Crippen LogP contribution in [-0.2, 0) is 0 Å². The summed E-state index contributed by atoms with van der Waals surface area (Å²) < 4.78 is 25.4. The quantitative estimate of drug-likeness (QED) is 0.695. The Balaban J connectivity index is 3.50. The standard InChI is InChI=1S/C7H3ClF2O3/c8-4-5(9)2(7(12)13)1-3(11)6(4)10/h1,11H,(H,12,13). The van der Waals surface area contributed by atoms with Crippen LogP contribution in [0.5, 0.6) is 5.75 Å². The molecule has 1 aromatic carbocycles. The molecule has 70 valence electrons. The third-order valence-corrected chi connectivity index (χ3v) is 1.69. The van der Waals surface area contributed by atoms with Gasteiger partial charge in [0, 0.05) is 6.07 Å². The van der Waals surface area contributed by atoms with Crippen molar-refractivity contribution in [3.8, 4) is 5.75 Å². The number of benzene rings is 1. The highest BCUT2D eigenvalue weighted by Crippen LogP contribution is 2.29. The molecule has 1 rings (SSSR count). The lowest BCUT2D eigenvalue weighted by Crippen LogP contribution is -2.02. The predicted octanol–water partition coefficient (Wildman–Crippen LogP) is 2.02. The van der Waals surface area contributed by atoms with Crippen LogP contribution in [0.1, 0.15) is 10.4 Å². The van der Waals surface area contributed by atoms with Gasteiger partial charge in [-0.05, 0) is 0 Å². The van der Waals surface area contributed by atoms with Crippen LogP contribution >= 0.6 is 11.6 Å². The van der Waals surface area contributed by atoms with E-state index in [2.05, 4.69) is 0 Å². The fourth-order valence-corrected chi connectivity index (χ4v) is 0.945. The van der Waals surface area contributed by atoms with Crippen LogP contribution < -0.4 is 0 Å². The van der Waals surface area contributed by atoms with Gasteiger partial charge < -0.3 is 10.2 Å². The highest BCUT2D eigenvalue weighted by molar-refractivity contribution is 6.31. The summed E-state index contributed by atoms with van der Waals surface area (Å²) >= 11 is 5.06. The van der Waals surface area contributed by atoms with Gasteiger partial charge in [0.15, 0.2) is 17.4 Å². The number of phenolic OH excluding ortho intramolecular Hbond substituents is 1. The number of carbonyl (C=O) groups is 1. The topological polar surface area (TPSA) is 57.5 Å². The van der Waals surface area contributed by atoms with Crippen molar-refractivity contribution in [3.05, 3.63) is 28.3 Å². The number of carboxylic acid groups (broad SMARTS) is 1. The van der Waals surface area contributed by atoms with E-state index >= 15 is 0 Å². The normalized spacial score (nSPS) is 10.1. The van der Waals surface area contributed by atoms with Crippen LogP contribution in [0, 0.1) is 11.6 Å². The molecule has 0 aliphatic rings. The van der Waals surface area contributed by atoms with Gasteiger partial charge in [0.2, 0.25) is 0 Å². The molecule has 0 radical (unpaired) electrons. The summed E-state index contributed by atoms with van der Waals surface area (Å²) in [5.74, 6) is -5.40. The average molecular weight is 209 g/mol. The van der Waals surface area contributed by atoms with Crippen molar-refractivity contribution in [3.63, 3.8) is 0 Å². The van der Waals surface area contributed by atoms with Crippen LogP contribution in [0.4, 0.5) is 8.78 Å². The van der Waals surface area contributed by atoms with Crippen molar-refractivity contribution in [1.29, 1.82) is 0 Å². The molecule has 0 bridgehead atoms. The first-order valence-corrected chi connectivity index (χ1v) is 3.42. The third kappa shape index (κ3) is 1.55. The Bertz CT molecular complexity index is 378. The van der Waals surface area contributed by atoms with Gasteiger partial charge in [-0.15, -0.1) is 0 Å². The number of halogens is 3. The van der Waals surface area contributed by atoms with Gasteiger partial charge in [0.05, 0.1) is 0 Å². The Kier molecular flexibility index (Phi) is 2.38. The molecule has 0 atom stereocenters. The van der Waals surface area contributed by atoms with Gasteiger partial charge in [-0.3, -0.25) is 0 Å². The summed E-state index contributed by atoms with van der Waals surface area (Å²) in [6.07, 6.45) is 0. The molecule has 0 saturated carbocycles. The summed E-state index contributed by atoms with van der Waals surface area (Å²) in [6.45, 7) is 0. The van der Waals surface area contributed by atoms with Crippen LogP contribution in [0.15, 0.2) is 6.07 Å². The molecule has 2 N–H and O–H groups in total. The molecule has 13 heavy (non-hydrogen) atoms. The maximum atomic E-state index is 12.8. The zero-order chi connectivity index (χ0) is 10.2. The molecule has 1 aromatic rings. The fourth-order valence-electron chi connectivity index (χ4n) is 0.746. The molecular weight excluding hydrogens is 206 g/mol. The van der Waals surface area contributed by atoms with Crippen LogP contribution in [0.2, 0.25) is 5.02 Å². The van der Waals surface area contributed by atoms with E-state index in [-0.39, 0.29) is 0 Å². The second kappa shape index (κ2) is 3.18. The Labute approximate surface area is 76.2 Å². The van der Waals surface area contributed by atoms with Gasteiger partial charge in [-0.25, -0.2) is 13.6 Å². The zero-order valence-corrected chi connectivity index (χ0v) is 6.77. The lowest BCUT2D eigenvalue weighted by molar-refractivity contribution is 0.0691. The monoisotopic (exact) mass is 208 g/mol. The SMILES string of the molecule is O=C(O)c1cc(O)c(F)c(Cl)c1F. The molecule has 0 aromatic heterocycles. The molecule has 3 nitrogen and oxygen atoms in total. The van der Waals surface area contributed by atoms with E-state index in [1.807, 2.05) is 0 Å². The maximum Gasteiger partial charge on any atom is 0.338 e. The maximum absolute atomic E-state index is 12.8. The molecule has 0 spiro atoms. The molecule has 0 aliphatic carbocycles. The van der Waals surface area contributed by atoms with Gasteiger partial charge in [-0.2, -0.15) is 0 Å². The van der Waals surface area contributed by atoms with Crippen molar-refractivity contribution in [2.75, 3.05) is 0 Å². The van der Waals surface area contributed by atoms with Crippen molar-refractivity contribution in [2.45, 2.75) is 0 Å². The van der Waals surface area contributed by atoms with Crippen LogP contribution in [-0.4, -0.2) is 16.2 Å². The van der Waals surface area contributed by atoms with Gasteiger partial charge >= 0.3 is 5.97 Å². The van der Waals surface area contributed by atoms with Crippen molar-refractivity contribution in [2.24, 2.45) is 0 Å². The molecule has 6 heteroatoms. The smallest absolute Gasteiger partial charge is 0.338 e. The third-order valence-electron chi connectivity index (χ3n) is 1.36. The number of phenols is 1. The summed E-state index contributed by atoms with van der Waals surface area (Å²) in [7, 11) is 0. The summed E-state index contributed by atoms with van der Waals surface area (Å²) in [6, 6.07) is 0.457. The van der Waals surface area contributed by atoms with Gasteiger partial charge in [0.25, 0.3) is 0 Å². The van der Waals surface area contributed by atoms with E-state index in [1.54, 1.807) is 0 Å². The lowest BCUT2D eigenvalue weighted by Gasteiger charge is -2.02. The molecule has 0 aliphatic heterocycles. The van der Waals surface area contributed by atoms with Crippen LogP contribution in [0.3, 0.4) is 0 Å². The Hall–Kier alpha value is -1.36. The minimum atomic E-state index is -1.63. The van der Waals surface area contributed by atoms with Crippen molar-refractivity contribution < 1.29 is 23.8 Å². The first-order valence-electron chi connectivity index (χ1n) is 3.05. The zero-order valence-electron chi connectivity index (χ0n) is 6.01. The molecule has 0 amide bonds. The van der Waals surface area contributed by atoms with E-state index in [4.69, 9.17) is 21.8 Å². The first kappa shape index (κ1) is 9.73. The summed E-state index contributed by atoms with van der Waals surface area (Å²) in [4.78, 5) is 10.3. The minimum absolute atomic E-state index is 0.457. The second-order valence-corrected chi connectivity index (χ2v) is 2.57. The first-order chi connectivity index (χ1) is 5.95. The average Bonchev–Trinajstić information content (AvgIpc) is 2.07.